The van der Waals surface area contributed by atoms with Crippen LogP contribution in [0.2, 0.25) is 0 Å². The Hall–Kier alpha value is -1.10. The Balaban J connectivity index is 1.89. The highest BCUT2D eigenvalue weighted by Gasteiger charge is 2.62. The first-order valence-corrected chi connectivity index (χ1v) is 4.73. The lowest BCUT2D eigenvalue weighted by Crippen LogP contribution is -2.37. The fourth-order valence-corrected chi connectivity index (χ4v) is 2.89. The zero-order valence-electron chi connectivity index (χ0n) is 7.38. The van der Waals surface area contributed by atoms with Crippen molar-refractivity contribution >= 4 is 11.9 Å². The number of carbonyl (C=O) groups is 2. The molecule has 0 spiro atoms. The van der Waals surface area contributed by atoms with E-state index in [0.717, 1.165) is 0 Å². The molecular weight excluding hydrogens is 188 g/mol. The summed E-state index contributed by atoms with van der Waals surface area (Å²) in [6.07, 6.45) is -0.0777. The number of hydrogen-bond donors (Lipinski definition) is 1. The molecular formula is C9H10O5. The normalized spacial score (nSPS) is 49.1. The summed E-state index contributed by atoms with van der Waals surface area (Å²) in [5.74, 6) is -1.71. The van der Waals surface area contributed by atoms with Gasteiger partial charge in [-0.3, -0.25) is 9.59 Å². The number of carbonyl (C=O) groups excluding carboxylic acids is 1. The van der Waals surface area contributed by atoms with Gasteiger partial charge in [-0.15, -0.1) is 0 Å². The fraction of sp³-hybridized carbons (Fsp3) is 0.778. The second-order valence-electron chi connectivity index (χ2n) is 4.14. The largest absolute Gasteiger partial charge is 0.481 e. The van der Waals surface area contributed by atoms with Crippen LogP contribution in [0.15, 0.2) is 0 Å². The van der Waals surface area contributed by atoms with Crippen LogP contribution in [0.4, 0.5) is 0 Å². The lowest BCUT2D eigenvalue weighted by molar-refractivity contribution is -0.144. The molecule has 1 N–H and O–H groups in total. The molecule has 5 nitrogen and oxygen atoms in total. The Morgan fingerprint density at radius 2 is 2.29 bits per heavy atom. The highest BCUT2D eigenvalue weighted by atomic mass is 16.6. The number of carboxylic acids is 1. The van der Waals surface area contributed by atoms with Gasteiger partial charge in [-0.05, 0) is 6.42 Å². The summed E-state index contributed by atoms with van der Waals surface area (Å²) < 4.78 is 10.4. The molecule has 3 aliphatic heterocycles. The van der Waals surface area contributed by atoms with E-state index in [4.69, 9.17) is 14.6 Å². The summed E-state index contributed by atoms with van der Waals surface area (Å²) in [4.78, 5) is 22.1. The van der Waals surface area contributed by atoms with Crippen molar-refractivity contribution in [1.29, 1.82) is 0 Å². The summed E-state index contributed by atoms with van der Waals surface area (Å²) in [5, 5.41) is 8.92. The minimum Gasteiger partial charge on any atom is -0.481 e. The van der Waals surface area contributed by atoms with E-state index in [1.807, 2.05) is 0 Å². The summed E-state index contributed by atoms with van der Waals surface area (Å²) in [6.45, 7) is 0.328. The van der Waals surface area contributed by atoms with Crippen molar-refractivity contribution < 1.29 is 24.2 Å². The van der Waals surface area contributed by atoms with E-state index in [0.29, 0.717) is 13.0 Å². The number of hydrogen-bond acceptors (Lipinski definition) is 4. The zero-order valence-corrected chi connectivity index (χ0v) is 7.38. The van der Waals surface area contributed by atoms with Crippen molar-refractivity contribution in [3.8, 4) is 0 Å². The van der Waals surface area contributed by atoms with Crippen molar-refractivity contribution in [2.75, 3.05) is 6.61 Å². The van der Waals surface area contributed by atoms with Crippen LogP contribution >= 0.6 is 0 Å². The summed E-state index contributed by atoms with van der Waals surface area (Å²) in [6, 6.07) is 0. The number of carboxylic acid groups (broad SMARTS) is 1. The van der Waals surface area contributed by atoms with Gasteiger partial charge in [0.2, 0.25) is 0 Å². The van der Waals surface area contributed by atoms with E-state index in [-0.39, 0.29) is 30.0 Å². The highest BCUT2D eigenvalue weighted by Crippen LogP contribution is 2.49. The number of aliphatic carboxylic acids is 1. The lowest BCUT2D eigenvalue weighted by atomic mass is 9.76. The topological polar surface area (TPSA) is 72.8 Å². The number of fused-ring (bicyclic) bond motifs is 5. The van der Waals surface area contributed by atoms with Crippen LogP contribution < -0.4 is 0 Å². The SMILES string of the molecule is O=C(O)C1CC2OC1C1COC(=O)C21. The molecule has 0 amide bonds. The maximum atomic E-state index is 11.3. The molecule has 5 unspecified atom stereocenters. The second-order valence-corrected chi connectivity index (χ2v) is 4.14. The summed E-state index contributed by atoms with van der Waals surface area (Å²) in [7, 11) is 0. The Bertz CT molecular complexity index is 312. The van der Waals surface area contributed by atoms with Crippen LogP contribution in [0, 0.1) is 17.8 Å². The van der Waals surface area contributed by atoms with Crippen LogP contribution in [-0.2, 0) is 19.1 Å². The summed E-state index contributed by atoms with van der Waals surface area (Å²) in [5.41, 5.74) is 0. The first-order valence-electron chi connectivity index (χ1n) is 4.73. The van der Waals surface area contributed by atoms with Crippen molar-refractivity contribution in [1.82, 2.24) is 0 Å². The van der Waals surface area contributed by atoms with E-state index < -0.39 is 11.9 Å². The van der Waals surface area contributed by atoms with E-state index >= 15 is 0 Å². The third-order valence-corrected chi connectivity index (χ3v) is 3.51. The molecule has 14 heavy (non-hydrogen) atoms. The molecule has 2 bridgehead atoms. The standard InChI is InChI=1S/C9H10O5/c10-8(11)3-1-5-6-4(7(3)14-5)2-13-9(6)12/h3-7H,1-2H2,(H,10,11). The molecule has 3 heterocycles. The van der Waals surface area contributed by atoms with Gasteiger partial charge >= 0.3 is 11.9 Å². The molecule has 0 radical (unpaired) electrons. The van der Waals surface area contributed by atoms with Gasteiger partial charge in [0, 0.05) is 5.92 Å². The zero-order chi connectivity index (χ0) is 9.87. The van der Waals surface area contributed by atoms with Gasteiger partial charge in [0.15, 0.2) is 0 Å². The van der Waals surface area contributed by atoms with Crippen LogP contribution in [0.25, 0.3) is 0 Å². The number of rotatable bonds is 1. The molecule has 5 atom stereocenters. The summed E-state index contributed by atoms with van der Waals surface area (Å²) >= 11 is 0. The minimum atomic E-state index is -0.824. The average molecular weight is 198 g/mol. The number of cyclic esters (lactones) is 1. The van der Waals surface area contributed by atoms with Crippen molar-refractivity contribution in [2.45, 2.75) is 18.6 Å². The Morgan fingerprint density at radius 1 is 1.50 bits per heavy atom. The van der Waals surface area contributed by atoms with Gasteiger partial charge in [-0.1, -0.05) is 0 Å². The van der Waals surface area contributed by atoms with Crippen LogP contribution in [0.5, 0.6) is 0 Å². The predicted molar refractivity (Wildman–Crippen MR) is 42.3 cm³/mol. The molecule has 3 aliphatic rings. The quantitative estimate of drug-likeness (QED) is 0.583. The monoisotopic (exact) mass is 198 g/mol. The first-order chi connectivity index (χ1) is 6.68. The van der Waals surface area contributed by atoms with Crippen molar-refractivity contribution in [3.05, 3.63) is 0 Å². The molecule has 3 rings (SSSR count). The molecule has 3 fully saturated rings. The minimum absolute atomic E-state index is 0.0256. The molecule has 0 saturated carbocycles. The fourth-order valence-electron chi connectivity index (χ4n) is 2.89. The van der Waals surface area contributed by atoms with Gasteiger partial charge in [0.05, 0.1) is 30.7 Å². The van der Waals surface area contributed by atoms with E-state index in [9.17, 15) is 9.59 Å². The first kappa shape index (κ1) is 8.23. The van der Waals surface area contributed by atoms with Gasteiger partial charge in [-0.25, -0.2) is 0 Å². The molecule has 0 aromatic rings. The van der Waals surface area contributed by atoms with Crippen LogP contribution in [0.3, 0.4) is 0 Å². The van der Waals surface area contributed by atoms with E-state index in [1.54, 1.807) is 0 Å². The molecule has 5 heteroatoms. The number of ether oxygens (including phenoxy) is 2. The van der Waals surface area contributed by atoms with Crippen LogP contribution in [-0.4, -0.2) is 35.9 Å². The second kappa shape index (κ2) is 2.48. The van der Waals surface area contributed by atoms with Crippen LogP contribution in [0.1, 0.15) is 6.42 Å². The smallest absolute Gasteiger partial charge is 0.312 e. The maximum absolute atomic E-state index is 11.3. The predicted octanol–water partition coefficient (Wildman–Crippen LogP) is -0.353. The molecule has 76 valence electrons. The molecule has 0 aromatic heterocycles. The van der Waals surface area contributed by atoms with Gasteiger partial charge < -0.3 is 14.6 Å². The van der Waals surface area contributed by atoms with Crippen molar-refractivity contribution in [2.24, 2.45) is 17.8 Å². The van der Waals surface area contributed by atoms with Crippen molar-refractivity contribution in [3.63, 3.8) is 0 Å². The molecule has 0 aliphatic carbocycles. The Morgan fingerprint density at radius 3 is 3.00 bits per heavy atom. The van der Waals surface area contributed by atoms with Gasteiger partial charge in [0.25, 0.3) is 0 Å². The lowest BCUT2D eigenvalue weighted by Gasteiger charge is -2.21. The number of esters is 1. The van der Waals surface area contributed by atoms with Gasteiger partial charge in [0.1, 0.15) is 0 Å². The average Bonchev–Trinajstić information content (AvgIpc) is 2.75. The highest BCUT2D eigenvalue weighted by molar-refractivity contribution is 5.78. The maximum Gasteiger partial charge on any atom is 0.312 e. The molecule has 3 saturated heterocycles. The Kier molecular flexibility index (Phi) is 1.45. The van der Waals surface area contributed by atoms with E-state index in [1.165, 1.54) is 0 Å². The third-order valence-electron chi connectivity index (χ3n) is 3.51. The van der Waals surface area contributed by atoms with E-state index in [2.05, 4.69) is 0 Å². The Labute approximate surface area is 80.0 Å². The third kappa shape index (κ3) is 0.829. The van der Waals surface area contributed by atoms with Gasteiger partial charge in [-0.2, -0.15) is 0 Å². The molecule has 0 aromatic carbocycles.